The lowest BCUT2D eigenvalue weighted by Crippen LogP contribution is -2.30. The van der Waals surface area contributed by atoms with Gasteiger partial charge in [-0.3, -0.25) is 4.98 Å². The highest BCUT2D eigenvalue weighted by Gasteiger charge is 2.42. The lowest BCUT2D eigenvalue weighted by atomic mass is 10.0. The average Bonchev–Trinajstić information content (AvgIpc) is 3.66. The lowest BCUT2D eigenvalue weighted by molar-refractivity contribution is 0.210. The predicted octanol–water partition coefficient (Wildman–Crippen LogP) is 5.77. The average molecular weight is 482 g/mol. The topological polar surface area (TPSA) is 55.2 Å². The lowest BCUT2D eigenvalue weighted by Gasteiger charge is -2.29. The zero-order chi connectivity index (χ0) is 23.6. The van der Waals surface area contributed by atoms with Crippen LogP contribution in [0.15, 0.2) is 91.4 Å². The fraction of sp³-hybridized carbons (Fsp3) is 0.250. The molecule has 0 bridgehead atoms. The Morgan fingerprint density at radius 3 is 2.34 bits per heavy atom. The fourth-order valence-corrected chi connectivity index (χ4v) is 5.50. The molecule has 6 nitrogen and oxygen atoms in total. The molecule has 0 amide bonds. The van der Waals surface area contributed by atoms with Gasteiger partial charge in [0.05, 0.1) is 17.8 Å². The van der Waals surface area contributed by atoms with E-state index in [0.717, 1.165) is 41.5 Å². The van der Waals surface area contributed by atoms with Crippen molar-refractivity contribution in [1.29, 1.82) is 0 Å². The summed E-state index contributed by atoms with van der Waals surface area (Å²) in [4.78, 5) is 11.4. The Kier molecular flexibility index (Phi) is 5.92. The molecular weight excluding hydrogens is 454 g/mol. The maximum absolute atomic E-state index is 6.20. The quantitative estimate of drug-likeness (QED) is 0.353. The summed E-state index contributed by atoms with van der Waals surface area (Å²) >= 11 is 5.89. The molecule has 0 unspecified atom stereocenters. The molecule has 0 radical (unpaired) electrons. The van der Waals surface area contributed by atoms with Gasteiger partial charge in [-0.05, 0) is 98.6 Å². The van der Waals surface area contributed by atoms with Gasteiger partial charge in [0.1, 0.15) is 17.6 Å². The number of hydrogen-bond acceptors (Lipinski definition) is 4. The molecule has 1 aromatic carbocycles. The summed E-state index contributed by atoms with van der Waals surface area (Å²) < 4.78 is 8.32. The molecule has 2 fully saturated rings. The predicted molar refractivity (Wildman–Crippen MR) is 141 cm³/mol. The number of pyridine rings is 2. The maximum Gasteiger partial charge on any atom is 0.174 e. The number of benzene rings is 1. The van der Waals surface area contributed by atoms with Crippen molar-refractivity contribution in [2.75, 3.05) is 4.90 Å². The van der Waals surface area contributed by atoms with Crippen molar-refractivity contribution in [3.63, 3.8) is 0 Å². The number of anilines is 1. The summed E-state index contributed by atoms with van der Waals surface area (Å²) in [7, 11) is 0. The molecule has 4 aromatic rings. The van der Waals surface area contributed by atoms with Gasteiger partial charge in [0.2, 0.25) is 0 Å². The van der Waals surface area contributed by atoms with Gasteiger partial charge in [-0.15, -0.1) is 0 Å². The smallest absolute Gasteiger partial charge is 0.174 e. The second kappa shape index (κ2) is 9.50. The minimum Gasteiger partial charge on any atom is -0.490 e. The van der Waals surface area contributed by atoms with E-state index in [9.17, 15) is 0 Å². The molecule has 1 aliphatic heterocycles. The Labute approximate surface area is 210 Å². The molecule has 176 valence electrons. The number of aromatic nitrogens is 3. The second-order valence-electron chi connectivity index (χ2n) is 9.01. The van der Waals surface area contributed by atoms with Crippen LogP contribution in [0.4, 0.5) is 5.69 Å². The van der Waals surface area contributed by atoms with E-state index in [1.165, 1.54) is 12.8 Å². The summed E-state index contributed by atoms with van der Waals surface area (Å²) in [6, 6.07) is 24.2. The Balaban J connectivity index is 1.39. The molecule has 4 heterocycles. The Morgan fingerprint density at radius 2 is 1.63 bits per heavy atom. The Hall–Kier alpha value is -3.71. The van der Waals surface area contributed by atoms with Crippen LogP contribution in [0.25, 0.3) is 5.82 Å². The van der Waals surface area contributed by atoms with Crippen molar-refractivity contribution in [3.05, 3.63) is 103 Å². The molecule has 1 saturated carbocycles. The van der Waals surface area contributed by atoms with Crippen LogP contribution < -0.4 is 15.0 Å². The van der Waals surface area contributed by atoms with E-state index in [4.69, 9.17) is 17.0 Å². The van der Waals surface area contributed by atoms with Crippen LogP contribution in [0.3, 0.4) is 0 Å². The van der Waals surface area contributed by atoms with Crippen molar-refractivity contribution in [3.8, 4) is 11.6 Å². The summed E-state index contributed by atoms with van der Waals surface area (Å²) in [5.41, 5.74) is 3.04. The van der Waals surface area contributed by atoms with Crippen molar-refractivity contribution in [2.24, 2.45) is 0 Å². The van der Waals surface area contributed by atoms with Gasteiger partial charge in [-0.25, -0.2) is 4.98 Å². The zero-order valence-corrected chi connectivity index (χ0v) is 20.1. The molecule has 2 atom stereocenters. The van der Waals surface area contributed by atoms with E-state index in [0.29, 0.717) is 11.2 Å². The zero-order valence-electron chi connectivity index (χ0n) is 19.3. The van der Waals surface area contributed by atoms with Gasteiger partial charge < -0.3 is 19.5 Å². The first-order valence-corrected chi connectivity index (χ1v) is 12.5. The van der Waals surface area contributed by atoms with Gasteiger partial charge in [-0.1, -0.05) is 12.1 Å². The first kappa shape index (κ1) is 21.8. The molecule has 1 N–H and O–H groups in total. The van der Waals surface area contributed by atoms with E-state index in [2.05, 4.69) is 61.1 Å². The first-order chi connectivity index (χ1) is 17.3. The summed E-state index contributed by atoms with van der Waals surface area (Å²) in [5.74, 6) is 1.78. The standard InChI is InChI=1S/C28H27N5OS/c35-28-31-26(23-10-3-5-17-29-23)27(24-11-7-19-32(24)25-12-4-6-18-30-25)33(28)20-13-15-22(16-14-20)34-21-8-1-2-9-21/h3-7,10-19,21,26-27H,1-2,8-9H2,(H,31,35)/t26-,27-/m1/s1. The van der Waals surface area contributed by atoms with Crippen LogP contribution in [-0.2, 0) is 0 Å². The third-order valence-electron chi connectivity index (χ3n) is 6.80. The van der Waals surface area contributed by atoms with Crippen LogP contribution in [0.5, 0.6) is 5.75 Å². The highest BCUT2D eigenvalue weighted by molar-refractivity contribution is 7.80. The van der Waals surface area contributed by atoms with E-state index in [1.54, 1.807) is 0 Å². The van der Waals surface area contributed by atoms with Gasteiger partial charge in [0.15, 0.2) is 5.11 Å². The molecule has 3 aromatic heterocycles. The van der Waals surface area contributed by atoms with Crippen LogP contribution in [0, 0.1) is 0 Å². The first-order valence-electron chi connectivity index (χ1n) is 12.1. The van der Waals surface area contributed by atoms with Crippen molar-refractivity contribution in [1.82, 2.24) is 19.9 Å². The van der Waals surface area contributed by atoms with Gasteiger partial charge in [0.25, 0.3) is 0 Å². The highest BCUT2D eigenvalue weighted by atomic mass is 32.1. The van der Waals surface area contributed by atoms with Crippen molar-refractivity contribution in [2.45, 2.75) is 43.9 Å². The third-order valence-corrected chi connectivity index (χ3v) is 7.11. The number of nitrogens with zero attached hydrogens (tertiary/aromatic N) is 4. The molecule has 35 heavy (non-hydrogen) atoms. The molecule has 7 heteroatoms. The number of nitrogens with one attached hydrogen (secondary N) is 1. The molecule has 1 aliphatic carbocycles. The normalized spacial score (nSPS) is 20.2. The van der Waals surface area contributed by atoms with Crippen LogP contribution >= 0.6 is 12.2 Å². The molecule has 0 spiro atoms. The van der Waals surface area contributed by atoms with E-state index < -0.39 is 0 Å². The van der Waals surface area contributed by atoms with Gasteiger partial charge in [0, 0.05) is 30.0 Å². The SMILES string of the molecule is S=C1N[C@H](c2ccccn2)[C@@H](c2cccn2-c2ccccn2)N1c1ccc(OC2CCCC2)cc1. The maximum atomic E-state index is 6.20. The van der Waals surface area contributed by atoms with Gasteiger partial charge in [-0.2, -0.15) is 0 Å². The van der Waals surface area contributed by atoms with Crippen molar-refractivity contribution >= 4 is 23.0 Å². The Morgan fingerprint density at radius 1 is 0.857 bits per heavy atom. The molecule has 2 aliphatic rings. The summed E-state index contributed by atoms with van der Waals surface area (Å²) in [5, 5.41) is 4.21. The number of hydrogen-bond donors (Lipinski definition) is 1. The van der Waals surface area contributed by atoms with Crippen LogP contribution in [0.2, 0.25) is 0 Å². The molecule has 1 saturated heterocycles. The minimum absolute atomic E-state index is 0.115. The summed E-state index contributed by atoms with van der Waals surface area (Å²) in [6.07, 6.45) is 10.8. The van der Waals surface area contributed by atoms with Crippen molar-refractivity contribution < 1.29 is 4.74 Å². The Bertz CT molecular complexity index is 1290. The van der Waals surface area contributed by atoms with E-state index in [-0.39, 0.29) is 12.1 Å². The fourth-order valence-electron chi connectivity index (χ4n) is 5.16. The van der Waals surface area contributed by atoms with Crippen LogP contribution in [-0.4, -0.2) is 25.8 Å². The number of thiocarbonyl (C=S) groups is 1. The van der Waals surface area contributed by atoms with Crippen LogP contribution in [0.1, 0.15) is 49.2 Å². The summed E-state index contributed by atoms with van der Waals surface area (Å²) in [6.45, 7) is 0. The number of ether oxygens (including phenoxy) is 1. The second-order valence-corrected chi connectivity index (χ2v) is 9.39. The monoisotopic (exact) mass is 481 g/mol. The largest absolute Gasteiger partial charge is 0.490 e. The van der Waals surface area contributed by atoms with E-state index in [1.807, 2.05) is 55.0 Å². The van der Waals surface area contributed by atoms with Gasteiger partial charge >= 0.3 is 0 Å². The highest BCUT2D eigenvalue weighted by Crippen LogP contribution is 2.42. The number of rotatable bonds is 6. The molecule has 6 rings (SSSR count). The third kappa shape index (κ3) is 4.28. The molecular formula is C28H27N5OS. The van der Waals surface area contributed by atoms with E-state index >= 15 is 0 Å². The minimum atomic E-state index is -0.115.